The molecule has 0 bridgehead atoms. The van der Waals surface area contributed by atoms with E-state index in [0.717, 1.165) is 5.57 Å². The summed E-state index contributed by atoms with van der Waals surface area (Å²) < 4.78 is 10.2. The Bertz CT molecular complexity index is 219. The molecule has 0 saturated carbocycles. The molecule has 66 valence electrons. The van der Waals surface area contributed by atoms with Gasteiger partial charge in [0.15, 0.2) is 6.79 Å². The van der Waals surface area contributed by atoms with Crippen molar-refractivity contribution in [3.8, 4) is 0 Å². The van der Waals surface area contributed by atoms with E-state index in [0.29, 0.717) is 18.9 Å². The molecule has 3 heteroatoms. The van der Waals surface area contributed by atoms with Gasteiger partial charge < -0.3 is 15.2 Å². The largest absolute Gasteiger partial charge is 0.468 e. The SMILES string of the molecule is C=C1/C=C\C=C(\CN)COCO1. The molecule has 1 aliphatic heterocycles. The second-order valence-electron chi connectivity index (χ2n) is 2.47. The first kappa shape index (κ1) is 9.03. The van der Waals surface area contributed by atoms with Crippen molar-refractivity contribution in [1.82, 2.24) is 0 Å². The van der Waals surface area contributed by atoms with Crippen molar-refractivity contribution in [2.24, 2.45) is 5.73 Å². The zero-order chi connectivity index (χ0) is 8.81. The molecule has 0 atom stereocenters. The van der Waals surface area contributed by atoms with E-state index in [1.54, 1.807) is 6.08 Å². The fourth-order valence-electron chi connectivity index (χ4n) is 0.805. The van der Waals surface area contributed by atoms with Crippen molar-refractivity contribution in [1.29, 1.82) is 0 Å². The molecule has 3 nitrogen and oxygen atoms in total. The van der Waals surface area contributed by atoms with E-state index in [1.165, 1.54) is 0 Å². The lowest BCUT2D eigenvalue weighted by Gasteiger charge is -2.05. The fraction of sp³-hybridized carbons (Fsp3) is 0.333. The summed E-state index contributed by atoms with van der Waals surface area (Å²) in [7, 11) is 0. The van der Waals surface area contributed by atoms with Gasteiger partial charge in [0.1, 0.15) is 5.76 Å². The minimum absolute atomic E-state index is 0.237. The molecule has 0 fully saturated rings. The van der Waals surface area contributed by atoms with E-state index >= 15 is 0 Å². The standard InChI is InChI=1S/C9H13NO2/c1-8-3-2-4-9(5-10)6-11-7-12-8/h2-4H,1,5-7,10H2/b3-2-,9-4-. The van der Waals surface area contributed by atoms with Gasteiger partial charge in [0.05, 0.1) is 6.61 Å². The Kier molecular flexibility index (Phi) is 3.57. The normalized spacial score (nSPS) is 25.8. The van der Waals surface area contributed by atoms with E-state index in [1.807, 2.05) is 12.2 Å². The molecule has 2 N–H and O–H groups in total. The minimum atomic E-state index is 0.237. The van der Waals surface area contributed by atoms with Crippen LogP contribution in [-0.4, -0.2) is 19.9 Å². The molecule has 1 rings (SSSR count). The third kappa shape index (κ3) is 2.90. The molecule has 0 unspecified atom stereocenters. The first-order valence-corrected chi connectivity index (χ1v) is 3.78. The van der Waals surface area contributed by atoms with Gasteiger partial charge in [-0.25, -0.2) is 0 Å². The van der Waals surface area contributed by atoms with Gasteiger partial charge in [0.25, 0.3) is 0 Å². The van der Waals surface area contributed by atoms with Gasteiger partial charge in [0, 0.05) is 6.54 Å². The summed E-state index contributed by atoms with van der Waals surface area (Å²) in [4.78, 5) is 0. The van der Waals surface area contributed by atoms with Crippen LogP contribution >= 0.6 is 0 Å². The van der Waals surface area contributed by atoms with Crippen LogP contribution < -0.4 is 5.73 Å². The summed E-state index contributed by atoms with van der Waals surface area (Å²) >= 11 is 0. The Morgan fingerprint density at radius 1 is 1.58 bits per heavy atom. The third-order valence-electron chi connectivity index (χ3n) is 1.49. The van der Waals surface area contributed by atoms with Crippen molar-refractivity contribution in [3.05, 3.63) is 36.1 Å². The number of nitrogens with two attached hydrogens (primary N) is 1. The van der Waals surface area contributed by atoms with Crippen molar-refractivity contribution in [3.63, 3.8) is 0 Å². The highest BCUT2D eigenvalue weighted by Crippen LogP contribution is 2.02. The number of allylic oxidation sites excluding steroid dienone is 3. The smallest absolute Gasteiger partial charge is 0.189 e. The molecule has 1 aliphatic rings. The number of rotatable bonds is 1. The first-order valence-electron chi connectivity index (χ1n) is 3.78. The second kappa shape index (κ2) is 4.74. The van der Waals surface area contributed by atoms with Gasteiger partial charge in [-0.1, -0.05) is 18.7 Å². The molecule has 0 radical (unpaired) electrons. The van der Waals surface area contributed by atoms with Gasteiger partial charge in [-0.2, -0.15) is 0 Å². The van der Waals surface area contributed by atoms with Crippen LogP contribution in [0.1, 0.15) is 0 Å². The molecule has 0 spiro atoms. The lowest BCUT2D eigenvalue weighted by molar-refractivity contribution is -0.00880. The van der Waals surface area contributed by atoms with Crippen molar-refractivity contribution in [2.75, 3.05) is 19.9 Å². The molecule has 1 heterocycles. The molecule has 12 heavy (non-hydrogen) atoms. The number of ether oxygens (including phenoxy) is 2. The Hall–Kier alpha value is -1.06. The van der Waals surface area contributed by atoms with E-state index < -0.39 is 0 Å². The molecule has 0 amide bonds. The average Bonchev–Trinajstić information content (AvgIpc) is 2.17. The van der Waals surface area contributed by atoms with Crippen LogP contribution in [0.5, 0.6) is 0 Å². The summed E-state index contributed by atoms with van der Waals surface area (Å²) in [5.41, 5.74) is 6.51. The zero-order valence-electron chi connectivity index (χ0n) is 6.95. The van der Waals surface area contributed by atoms with E-state index in [2.05, 4.69) is 6.58 Å². The molecular weight excluding hydrogens is 154 g/mol. The quantitative estimate of drug-likeness (QED) is 0.632. The number of hydrogen-bond donors (Lipinski definition) is 1. The average molecular weight is 167 g/mol. The van der Waals surface area contributed by atoms with Crippen LogP contribution in [0.25, 0.3) is 0 Å². The minimum Gasteiger partial charge on any atom is -0.468 e. The summed E-state index contributed by atoms with van der Waals surface area (Å²) in [5.74, 6) is 0.601. The lowest BCUT2D eigenvalue weighted by atomic mass is 10.2. The van der Waals surface area contributed by atoms with Crippen LogP contribution in [0.2, 0.25) is 0 Å². The van der Waals surface area contributed by atoms with Gasteiger partial charge in [-0.05, 0) is 11.6 Å². The molecular formula is C9H13NO2. The monoisotopic (exact) mass is 167 g/mol. The predicted octanol–water partition coefficient (Wildman–Crippen LogP) is 0.946. The Morgan fingerprint density at radius 2 is 2.42 bits per heavy atom. The molecule has 0 aliphatic carbocycles. The fourth-order valence-corrected chi connectivity index (χ4v) is 0.805. The molecule has 0 saturated heterocycles. The summed E-state index contributed by atoms with van der Waals surface area (Å²) in [6.45, 7) is 4.93. The maximum absolute atomic E-state index is 5.46. The van der Waals surface area contributed by atoms with E-state index in [-0.39, 0.29) is 6.79 Å². The van der Waals surface area contributed by atoms with Gasteiger partial charge >= 0.3 is 0 Å². The maximum atomic E-state index is 5.46. The third-order valence-corrected chi connectivity index (χ3v) is 1.49. The topological polar surface area (TPSA) is 44.5 Å². The van der Waals surface area contributed by atoms with Crippen LogP contribution in [0.4, 0.5) is 0 Å². The Balaban J connectivity index is 2.60. The van der Waals surface area contributed by atoms with Crippen molar-refractivity contribution in [2.45, 2.75) is 0 Å². The highest BCUT2D eigenvalue weighted by molar-refractivity contribution is 5.19. The van der Waals surface area contributed by atoms with Crippen LogP contribution in [0, 0.1) is 0 Å². The van der Waals surface area contributed by atoms with E-state index in [4.69, 9.17) is 15.2 Å². The number of hydrogen-bond acceptors (Lipinski definition) is 3. The second-order valence-corrected chi connectivity index (χ2v) is 2.47. The molecule has 0 aromatic rings. The Labute approximate surface area is 72.2 Å². The van der Waals surface area contributed by atoms with Crippen LogP contribution in [0.15, 0.2) is 36.1 Å². The Morgan fingerprint density at radius 3 is 3.17 bits per heavy atom. The highest BCUT2D eigenvalue weighted by atomic mass is 16.7. The van der Waals surface area contributed by atoms with Gasteiger partial charge in [-0.15, -0.1) is 0 Å². The van der Waals surface area contributed by atoms with Crippen LogP contribution in [0.3, 0.4) is 0 Å². The van der Waals surface area contributed by atoms with Crippen molar-refractivity contribution >= 4 is 0 Å². The summed E-state index contributed by atoms with van der Waals surface area (Å²) in [6, 6.07) is 0. The van der Waals surface area contributed by atoms with Crippen LogP contribution in [-0.2, 0) is 9.47 Å². The van der Waals surface area contributed by atoms with Crippen molar-refractivity contribution < 1.29 is 9.47 Å². The summed E-state index contributed by atoms with van der Waals surface area (Å²) in [6.07, 6.45) is 5.56. The maximum Gasteiger partial charge on any atom is 0.189 e. The molecule has 0 aromatic heterocycles. The zero-order valence-corrected chi connectivity index (χ0v) is 6.95. The van der Waals surface area contributed by atoms with E-state index in [9.17, 15) is 0 Å². The molecule has 0 aromatic carbocycles. The summed E-state index contributed by atoms with van der Waals surface area (Å²) in [5, 5.41) is 0. The first-order chi connectivity index (χ1) is 5.83. The van der Waals surface area contributed by atoms with Gasteiger partial charge in [-0.3, -0.25) is 0 Å². The lowest BCUT2D eigenvalue weighted by Crippen LogP contribution is -2.09. The predicted molar refractivity (Wildman–Crippen MR) is 47.3 cm³/mol. The van der Waals surface area contributed by atoms with Gasteiger partial charge in [0.2, 0.25) is 0 Å². The highest BCUT2D eigenvalue weighted by Gasteiger charge is 1.97.